The summed E-state index contributed by atoms with van der Waals surface area (Å²) in [5, 5.41) is 44.8. The van der Waals surface area contributed by atoms with E-state index in [1.54, 1.807) is 20.8 Å². The standard InChI is InChI=1S/C41H67NO12/c1-10-31(43)27(7)36(46)25(5)19-26(6)39-28(8)35(45)22(2)15-16-30(51-34-20-32(52-40(42)48)37(47)29(9)50-34)14-12-11-13-23(3)38-24(4)17-18-41(49,54-38)21-33(44)53-39/h13,15-17,22,25-30,32,34-39,45-47,49H,10-12,14,18-21H2,1-9H3,(H2,42,48). The number of rotatable bonds is 10. The monoisotopic (exact) mass is 765 g/mol. The van der Waals surface area contributed by atoms with E-state index in [1.807, 2.05) is 65.8 Å². The largest absolute Gasteiger partial charge is 0.462 e. The molecule has 15 atom stereocenters. The van der Waals surface area contributed by atoms with Gasteiger partial charge < -0.3 is 49.8 Å². The topological polar surface area (TPSA) is 204 Å². The molecule has 308 valence electrons. The van der Waals surface area contributed by atoms with Crippen LogP contribution in [0.15, 0.2) is 35.5 Å². The first-order valence-corrected chi connectivity index (χ1v) is 19.7. The Morgan fingerprint density at radius 2 is 1.72 bits per heavy atom. The summed E-state index contributed by atoms with van der Waals surface area (Å²) in [4.78, 5) is 37.5. The van der Waals surface area contributed by atoms with Gasteiger partial charge in [0.2, 0.25) is 0 Å². The molecule has 1 amide bonds. The summed E-state index contributed by atoms with van der Waals surface area (Å²) in [6, 6.07) is 0. The third kappa shape index (κ3) is 12.7. The maximum absolute atomic E-state index is 13.6. The Bertz CT molecular complexity index is 1350. The van der Waals surface area contributed by atoms with E-state index in [-0.39, 0.29) is 30.5 Å². The number of nitrogens with two attached hydrogens (primary N) is 1. The van der Waals surface area contributed by atoms with E-state index in [9.17, 15) is 34.8 Å². The second-order valence-electron chi connectivity index (χ2n) is 16.1. The van der Waals surface area contributed by atoms with Crippen LogP contribution in [0.1, 0.15) is 114 Å². The minimum Gasteiger partial charge on any atom is -0.462 e. The Balaban J connectivity index is 1.94. The van der Waals surface area contributed by atoms with Crippen LogP contribution in [0.2, 0.25) is 0 Å². The lowest BCUT2D eigenvalue weighted by molar-refractivity contribution is -0.254. The number of aliphatic hydroxyl groups is 4. The number of ether oxygens (including phenoxy) is 5. The van der Waals surface area contributed by atoms with Crippen LogP contribution in [0.3, 0.4) is 0 Å². The number of Topliss-reactive ketones (excluding diaryl/α,β-unsaturated/α-hetero) is 1. The van der Waals surface area contributed by atoms with Crippen molar-refractivity contribution in [2.45, 2.75) is 175 Å². The third-order valence-corrected chi connectivity index (χ3v) is 11.5. The van der Waals surface area contributed by atoms with Crippen molar-refractivity contribution in [2.75, 3.05) is 0 Å². The number of primary amides is 1. The molecule has 54 heavy (non-hydrogen) atoms. The van der Waals surface area contributed by atoms with Crippen molar-refractivity contribution in [1.82, 2.24) is 0 Å². The lowest BCUT2D eigenvalue weighted by atomic mass is 9.78. The molecular weight excluding hydrogens is 698 g/mol. The van der Waals surface area contributed by atoms with Gasteiger partial charge >= 0.3 is 12.1 Å². The summed E-state index contributed by atoms with van der Waals surface area (Å²) in [6.07, 6.45) is 1.87. The molecule has 0 saturated carbocycles. The molecule has 0 aromatic rings. The molecule has 0 radical (unpaired) electrons. The molecule has 3 aliphatic rings. The van der Waals surface area contributed by atoms with Crippen molar-refractivity contribution < 1.29 is 58.5 Å². The fraction of sp³-hybridized carbons (Fsp3) is 0.780. The average molecular weight is 766 g/mol. The smallest absolute Gasteiger partial charge is 0.404 e. The Morgan fingerprint density at radius 1 is 1.06 bits per heavy atom. The number of cyclic esters (lactones) is 1. The van der Waals surface area contributed by atoms with Crippen LogP contribution in [-0.4, -0.2) is 99.2 Å². The predicted octanol–water partition coefficient (Wildman–Crippen LogP) is 5.01. The number of carbonyl (C=O) groups excluding carboxylic acids is 3. The van der Waals surface area contributed by atoms with Crippen LogP contribution < -0.4 is 5.73 Å². The van der Waals surface area contributed by atoms with Crippen molar-refractivity contribution in [2.24, 2.45) is 35.3 Å². The van der Waals surface area contributed by atoms with Gasteiger partial charge in [-0.25, -0.2) is 4.79 Å². The predicted molar refractivity (Wildman–Crippen MR) is 201 cm³/mol. The number of fused-ring (bicyclic) bond motifs is 2. The third-order valence-electron chi connectivity index (χ3n) is 11.5. The highest BCUT2D eigenvalue weighted by Gasteiger charge is 2.42. The fourth-order valence-electron chi connectivity index (χ4n) is 7.99. The van der Waals surface area contributed by atoms with Gasteiger partial charge in [0.25, 0.3) is 0 Å². The van der Waals surface area contributed by atoms with Gasteiger partial charge in [-0.15, -0.1) is 0 Å². The minimum atomic E-state index is -1.80. The van der Waals surface area contributed by atoms with Gasteiger partial charge in [0, 0.05) is 37.0 Å². The molecule has 3 rings (SSSR count). The fourth-order valence-corrected chi connectivity index (χ4v) is 7.99. The number of hydrogen-bond donors (Lipinski definition) is 5. The zero-order chi connectivity index (χ0) is 40.5. The normalized spacial score (nSPS) is 36.9. The van der Waals surface area contributed by atoms with E-state index in [0.29, 0.717) is 32.1 Å². The molecule has 3 aliphatic heterocycles. The molecule has 6 N–H and O–H groups in total. The summed E-state index contributed by atoms with van der Waals surface area (Å²) in [6.45, 7) is 16.4. The maximum Gasteiger partial charge on any atom is 0.404 e. The Hall–Kier alpha value is -2.65. The highest BCUT2D eigenvalue weighted by molar-refractivity contribution is 5.80. The Morgan fingerprint density at radius 3 is 2.37 bits per heavy atom. The molecule has 13 nitrogen and oxygen atoms in total. The van der Waals surface area contributed by atoms with E-state index in [0.717, 1.165) is 11.1 Å². The van der Waals surface area contributed by atoms with Crippen LogP contribution in [0.25, 0.3) is 0 Å². The van der Waals surface area contributed by atoms with Gasteiger partial charge in [-0.3, -0.25) is 9.59 Å². The summed E-state index contributed by atoms with van der Waals surface area (Å²) in [5.74, 6) is -4.73. The second kappa shape index (κ2) is 20.5. The van der Waals surface area contributed by atoms with Crippen molar-refractivity contribution in [3.8, 4) is 0 Å². The molecule has 0 spiro atoms. The van der Waals surface area contributed by atoms with Gasteiger partial charge in [0.15, 0.2) is 12.1 Å². The molecule has 15 unspecified atom stereocenters. The molecule has 13 heteroatoms. The van der Waals surface area contributed by atoms with Gasteiger partial charge in [-0.1, -0.05) is 65.8 Å². The molecule has 1 saturated heterocycles. The quantitative estimate of drug-likeness (QED) is 0.147. The molecule has 3 heterocycles. The first kappa shape index (κ1) is 45.7. The summed E-state index contributed by atoms with van der Waals surface area (Å²) >= 11 is 0. The lowest BCUT2D eigenvalue weighted by Crippen LogP contribution is -2.50. The van der Waals surface area contributed by atoms with Crippen molar-refractivity contribution in [3.05, 3.63) is 35.5 Å². The average Bonchev–Trinajstić information content (AvgIpc) is 3.11. The molecule has 1 fully saturated rings. The highest BCUT2D eigenvalue weighted by Crippen LogP contribution is 2.36. The number of amides is 1. The number of ketones is 1. The van der Waals surface area contributed by atoms with Gasteiger partial charge in [-0.2, -0.15) is 0 Å². The van der Waals surface area contributed by atoms with Crippen LogP contribution in [0, 0.1) is 29.6 Å². The Kier molecular flexibility index (Phi) is 17.4. The van der Waals surface area contributed by atoms with E-state index in [2.05, 4.69) is 0 Å². The van der Waals surface area contributed by atoms with E-state index in [4.69, 9.17) is 29.4 Å². The van der Waals surface area contributed by atoms with E-state index < -0.39 is 97.1 Å². The van der Waals surface area contributed by atoms with Crippen molar-refractivity contribution >= 4 is 17.8 Å². The molecule has 0 aromatic carbocycles. The van der Waals surface area contributed by atoms with E-state index >= 15 is 0 Å². The zero-order valence-corrected chi connectivity index (χ0v) is 33.7. The number of esters is 1. The van der Waals surface area contributed by atoms with Crippen LogP contribution >= 0.6 is 0 Å². The number of aliphatic hydroxyl groups excluding tert-OH is 3. The first-order chi connectivity index (χ1) is 25.3. The van der Waals surface area contributed by atoms with Crippen molar-refractivity contribution in [1.29, 1.82) is 0 Å². The van der Waals surface area contributed by atoms with Gasteiger partial charge in [0.1, 0.15) is 30.2 Å². The zero-order valence-electron chi connectivity index (χ0n) is 33.7. The number of carbonyl (C=O) groups is 3. The minimum absolute atomic E-state index is 0.0364. The first-order valence-electron chi connectivity index (χ1n) is 19.7. The maximum atomic E-state index is 13.6. The molecule has 0 aliphatic carbocycles. The van der Waals surface area contributed by atoms with E-state index in [1.165, 1.54) is 0 Å². The summed E-state index contributed by atoms with van der Waals surface area (Å²) in [7, 11) is 0. The molecule has 2 bridgehead atoms. The van der Waals surface area contributed by atoms with Gasteiger partial charge in [0.05, 0.1) is 30.8 Å². The Labute approximate surface area is 321 Å². The van der Waals surface area contributed by atoms with Crippen LogP contribution in [0.4, 0.5) is 4.79 Å². The highest BCUT2D eigenvalue weighted by atomic mass is 16.7. The summed E-state index contributed by atoms with van der Waals surface area (Å²) < 4.78 is 29.8. The second-order valence-corrected chi connectivity index (χ2v) is 16.1. The van der Waals surface area contributed by atoms with Crippen LogP contribution in [0.5, 0.6) is 0 Å². The van der Waals surface area contributed by atoms with Gasteiger partial charge in [-0.05, 0) is 69.4 Å². The summed E-state index contributed by atoms with van der Waals surface area (Å²) in [5.41, 5.74) is 7.05. The molecule has 0 aromatic heterocycles. The SMILES string of the molecule is CCC(=O)C(C)C(O)C(C)CC(C)C1OC(=O)CC2(O)CC=C(C)C(O2)C(C)=CCCCC(OC2CC(OC(N)=O)C(O)C(C)O2)C=CC(C)C(O)C1C. The lowest BCUT2D eigenvalue weighted by Gasteiger charge is -2.39. The van der Waals surface area contributed by atoms with Crippen LogP contribution in [-0.2, 0) is 33.3 Å². The number of hydrogen-bond acceptors (Lipinski definition) is 12. The molecular formula is C41H67NO12. The van der Waals surface area contributed by atoms with Crippen molar-refractivity contribution in [3.63, 3.8) is 0 Å². The number of allylic oxidation sites excluding steroid dienone is 1.